The van der Waals surface area contributed by atoms with Gasteiger partial charge in [0.05, 0.1) is 19.9 Å². The molecule has 0 bridgehead atoms. The van der Waals surface area contributed by atoms with Gasteiger partial charge in [0.1, 0.15) is 5.82 Å². The first kappa shape index (κ1) is 20.1. The van der Waals surface area contributed by atoms with Gasteiger partial charge < -0.3 is 19.7 Å². The summed E-state index contributed by atoms with van der Waals surface area (Å²) in [6.45, 7) is 6.66. The van der Waals surface area contributed by atoms with Crippen LogP contribution in [-0.4, -0.2) is 50.3 Å². The molecule has 3 aromatic rings. The lowest BCUT2D eigenvalue weighted by atomic mass is 9.95. The van der Waals surface area contributed by atoms with Gasteiger partial charge in [-0.05, 0) is 54.6 Å². The monoisotopic (exact) mass is 417 g/mol. The van der Waals surface area contributed by atoms with Crippen molar-refractivity contribution in [3.05, 3.63) is 47.5 Å². The fourth-order valence-electron chi connectivity index (χ4n) is 5.19. The molecule has 31 heavy (non-hydrogen) atoms. The average Bonchev–Trinajstić information content (AvgIpc) is 3.10. The summed E-state index contributed by atoms with van der Waals surface area (Å²) in [5.41, 5.74) is 4.74. The number of pyridine rings is 1. The third-order valence-corrected chi connectivity index (χ3v) is 6.83. The maximum Gasteiger partial charge on any atom is 0.161 e. The molecular formula is C26H31N3O2. The highest BCUT2D eigenvalue weighted by Crippen LogP contribution is 2.50. The standard InChI is InChI=1S/C26H31N3O2/c1-17-20-15-22(30-2)23(31-3)16-21(20)25-24(17)18-9-5-6-10-19(18)26(28-25)27-11-14-29-12-7-4-8-13-29/h5-6,9-10,15-17H,4,7-8,11-14H2,1-3H3,(H,27,28). The van der Waals surface area contributed by atoms with Crippen LogP contribution in [0.5, 0.6) is 11.5 Å². The van der Waals surface area contributed by atoms with Crippen molar-refractivity contribution < 1.29 is 9.47 Å². The fourth-order valence-corrected chi connectivity index (χ4v) is 5.19. The topological polar surface area (TPSA) is 46.6 Å². The van der Waals surface area contributed by atoms with E-state index in [0.29, 0.717) is 0 Å². The van der Waals surface area contributed by atoms with Crippen molar-refractivity contribution in [1.29, 1.82) is 0 Å². The molecule has 1 fully saturated rings. The van der Waals surface area contributed by atoms with E-state index in [-0.39, 0.29) is 5.92 Å². The molecule has 1 atom stereocenters. The summed E-state index contributed by atoms with van der Waals surface area (Å²) in [7, 11) is 3.37. The maximum absolute atomic E-state index is 5.59. The highest BCUT2D eigenvalue weighted by Gasteiger charge is 2.31. The first-order chi connectivity index (χ1) is 15.2. The Morgan fingerprint density at radius 3 is 2.45 bits per heavy atom. The van der Waals surface area contributed by atoms with Crippen molar-refractivity contribution >= 4 is 16.6 Å². The van der Waals surface area contributed by atoms with E-state index in [0.717, 1.165) is 41.7 Å². The minimum absolute atomic E-state index is 0.254. The molecule has 0 amide bonds. The summed E-state index contributed by atoms with van der Waals surface area (Å²) >= 11 is 0. The van der Waals surface area contributed by atoms with Crippen LogP contribution in [-0.2, 0) is 0 Å². The molecule has 1 unspecified atom stereocenters. The molecule has 1 aromatic heterocycles. The van der Waals surface area contributed by atoms with Gasteiger partial charge in [-0.1, -0.05) is 37.6 Å². The maximum atomic E-state index is 5.59. The minimum atomic E-state index is 0.254. The Bertz CT molecular complexity index is 1110. The highest BCUT2D eigenvalue weighted by atomic mass is 16.5. The fraction of sp³-hybridized carbons (Fsp3) is 0.423. The molecule has 1 saturated heterocycles. The van der Waals surface area contributed by atoms with Crippen LogP contribution in [0, 0.1) is 0 Å². The third-order valence-electron chi connectivity index (χ3n) is 6.83. The van der Waals surface area contributed by atoms with Crippen LogP contribution in [0.25, 0.3) is 22.0 Å². The van der Waals surface area contributed by atoms with E-state index < -0.39 is 0 Å². The zero-order valence-corrected chi connectivity index (χ0v) is 18.7. The molecule has 0 radical (unpaired) electrons. The number of nitrogens with one attached hydrogen (secondary N) is 1. The Balaban J connectivity index is 1.54. The second kappa shape index (κ2) is 8.39. The number of methoxy groups -OCH3 is 2. The van der Waals surface area contributed by atoms with Gasteiger partial charge in [0.2, 0.25) is 0 Å². The number of benzene rings is 2. The molecule has 2 aromatic carbocycles. The number of likely N-dealkylation sites (tertiary alicyclic amines) is 1. The molecule has 1 aliphatic carbocycles. The van der Waals surface area contributed by atoms with Crippen molar-refractivity contribution in [2.75, 3.05) is 45.7 Å². The van der Waals surface area contributed by atoms with Gasteiger partial charge in [-0.2, -0.15) is 0 Å². The smallest absolute Gasteiger partial charge is 0.161 e. The molecule has 1 aliphatic heterocycles. The zero-order chi connectivity index (χ0) is 21.4. The van der Waals surface area contributed by atoms with Crippen LogP contribution in [0.1, 0.15) is 43.2 Å². The van der Waals surface area contributed by atoms with E-state index >= 15 is 0 Å². The Labute approximate surface area is 184 Å². The molecule has 162 valence electrons. The van der Waals surface area contributed by atoms with E-state index in [4.69, 9.17) is 14.5 Å². The van der Waals surface area contributed by atoms with Crippen LogP contribution < -0.4 is 14.8 Å². The predicted molar refractivity (Wildman–Crippen MR) is 127 cm³/mol. The lowest BCUT2D eigenvalue weighted by molar-refractivity contribution is 0.237. The van der Waals surface area contributed by atoms with Gasteiger partial charge in [-0.25, -0.2) is 4.98 Å². The van der Waals surface area contributed by atoms with Crippen LogP contribution in [0.2, 0.25) is 0 Å². The number of rotatable bonds is 6. The largest absolute Gasteiger partial charge is 0.493 e. The Kier molecular flexibility index (Phi) is 5.45. The van der Waals surface area contributed by atoms with Crippen LogP contribution >= 0.6 is 0 Å². The molecule has 0 saturated carbocycles. The highest BCUT2D eigenvalue weighted by molar-refractivity contribution is 6.00. The van der Waals surface area contributed by atoms with Crippen LogP contribution in [0.4, 0.5) is 5.82 Å². The molecule has 2 aliphatic rings. The van der Waals surface area contributed by atoms with Crippen molar-refractivity contribution in [1.82, 2.24) is 9.88 Å². The molecule has 2 heterocycles. The molecular weight excluding hydrogens is 386 g/mol. The van der Waals surface area contributed by atoms with Crippen molar-refractivity contribution in [3.63, 3.8) is 0 Å². The van der Waals surface area contributed by atoms with E-state index in [1.807, 2.05) is 0 Å². The van der Waals surface area contributed by atoms with Crippen LogP contribution in [0.15, 0.2) is 36.4 Å². The van der Waals surface area contributed by atoms with Crippen molar-refractivity contribution in [2.24, 2.45) is 0 Å². The number of ether oxygens (including phenoxy) is 2. The van der Waals surface area contributed by atoms with Gasteiger partial charge in [-0.15, -0.1) is 0 Å². The van der Waals surface area contributed by atoms with Crippen LogP contribution in [0.3, 0.4) is 0 Å². The molecule has 1 N–H and O–H groups in total. The molecule has 0 spiro atoms. The van der Waals surface area contributed by atoms with E-state index in [9.17, 15) is 0 Å². The minimum Gasteiger partial charge on any atom is -0.493 e. The van der Waals surface area contributed by atoms with E-state index in [1.54, 1.807) is 14.2 Å². The summed E-state index contributed by atoms with van der Waals surface area (Å²) in [6, 6.07) is 12.8. The Hall–Kier alpha value is -2.79. The third kappa shape index (κ3) is 3.51. The molecule has 5 nitrogen and oxygen atoms in total. The van der Waals surface area contributed by atoms with Crippen molar-refractivity contribution in [2.45, 2.75) is 32.1 Å². The van der Waals surface area contributed by atoms with Gasteiger partial charge in [-0.3, -0.25) is 0 Å². The molecule has 5 rings (SSSR count). The summed E-state index contributed by atoms with van der Waals surface area (Å²) in [6.07, 6.45) is 4.01. The van der Waals surface area contributed by atoms with Gasteiger partial charge >= 0.3 is 0 Å². The second-order valence-corrected chi connectivity index (χ2v) is 8.61. The SMILES string of the molecule is COc1cc2c(cc1OC)C(C)c1c-2nc(NCCN2CCCCC2)c2ccccc12. The van der Waals surface area contributed by atoms with E-state index in [1.165, 1.54) is 54.3 Å². The number of hydrogen-bond acceptors (Lipinski definition) is 5. The summed E-state index contributed by atoms with van der Waals surface area (Å²) < 4.78 is 11.2. The normalized spacial score (nSPS) is 18.0. The Morgan fingerprint density at radius 2 is 1.71 bits per heavy atom. The summed E-state index contributed by atoms with van der Waals surface area (Å²) in [5.74, 6) is 2.74. The zero-order valence-electron chi connectivity index (χ0n) is 18.7. The number of hydrogen-bond donors (Lipinski definition) is 1. The van der Waals surface area contributed by atoms with Gasteiger partial charge in [0.25, 0.3) is 0 Å². The average molecular weight is 418 g/mol. The lowest BCUT2D eigenvalue weighted by Gasteiger charge is -2.26. The van der Waals surface area contributed by atoms with Gasteiger partial charge in [0, 0.05) is 30.0 Å². The van der Waals surface area contributed by atoms with Crippen molar-refractivity contribution in [3.8, 4) is 22.8 Å². The first-order valence-corrected chi connectivity index (χ1v) is 11.4. The van der Waals surface area contributed by atoms with Gasteiger partial charge in [0.15, 0.2) is 11.5 Å². The quantitative estimate of drug-likeness (QED) is 0.591. The van der Waals surface area contributed by atoms with E-state index in [2.05, 4.69) is 53.5 Å². The second-order valence-electron chi connectivity index (χ2n) is 8.61. The number of anilines is 1. The molecule has 5 heteroatoms. The predicted octanol–water partition coefficient (Wildman–Crippen LogP) is 5.28. The Morgan fingerprint density at radius 1 is 1.00 bits per heavy atom. The number of aromatic nitrogens is 1. The summed E-state index contributed by atoms with van der Waals surface area (Å²) in [4.78, 5) is 7.72. The number of fused-ring (bicyclic) bond motifs is 5. The lowest BCUT2D eigenvalue weighted by Crippen LogP contribution is -2.33. The summed E-state index contributed by atoms with van der Waals surface area (Å²) in [5, 5.41) is 6.12. The number of nitrogens with zero attached hydrogens (tertiary/aromatic N) is 2. The number of piperidine rings is 1. The first-order valence-electron chi connectivity index (χ1n) is 11.4.